The van der Waals surface area contributed by atoms with Gasteiger partial charge in [-0.1, -0.05) is 12.1 Å². The second kappa shape index (κ2) is 5.68. The van der Waals surface area contributed by atoms with E-state index in [0.717, 1.165) is 5.56 Å². The number of rotatable bonds is 5. The van der Waals surface area contributed by atoms with Crippen LogP contribution in [0.3, 0.4) is 0 Å². The van der Waals surface area contributed by atoms with Crippen LogP contribution in [0, 0.1) is 17.0 Å². The smallest absolute Gasteiger partial charge is 0.280 e. The topological polar surface area (TPSA) is 85.9 Å². The molecule has 7 heteroatoms. The first-order valence-electron chi connectivity index (χ1n) is 6.51. The monoisotopic (exact) mass is 275 g/mol. The normalized spacial score (nSPS) is 10.6. The number of aryl methyl sites for hydroxylation is 1. The van der Waals surface area contributed by atoms with Gasteiger partial charge in [-0.15, -0.1) is 10.2 Å². The third kappa shape index (κ3) is 2.34. The highest BCUT2D eigenvalue weighted by molar-refractivity contribution is 5.72. The van der Waals surface area contributed by atoms with Gasteiger partial charge in [0.15, 0.2) is 5.82 Å². The molecular weight excluding hydrogens is 258 g/mol. The molecule has 0 amide bonds. The van der Waals surface area contributed by atoms with E-state index < -0.39 is 0 Å². The molecule has 0 aliphatic heterocycles. The molecule has 2 rings (SSSR count). The van der Waals surface area contributed by atoms with Gasteiger partial charge < -0.3 is 5.32 Å². The summed E-state index contributed by atoms with van der Waals surface area (Å²) in [5.41, 5.74) is 1.38. The van der Waals surface area contributed by atoms with E-state index in [1.807, 2.05) is 31.4 Å². The summed E-state index contributed by atoms with van der Waals surface area (Å²) in [4.78, 5) is 10.8. The summed E-state index contributed by atoms with van der Waals surface area (Å²) in [7, 11) is 0. The molecule has 0 fully saturated rings. The minimum atomic E-state index is -0.385. The molecule has 0 radical (unpaired) electrons. The minimum absolute atomic E-state index is 0.0511. The summed E-state index contributed by atoms with van der Waals surface area (Å²) in [6.07, 6.45) is 0. The van der Waals surface area contributed by atoms with E-state index in [2.05, 4.69) is 15.5 Å². The van der Waals surface area contributed by atoms with Gasteiger partial charge in [-0.2, -0.15) is 0 Å². The maximum Gasteiger partial charge on any atom is 0.280 e. The zero-order valence-corrected chi connectivity index (χ0v) is 11.8. The first-order chi connectivity index (χ1) is 9.60. The minimum Gasteiger partial charge on any atom is -0.355 e. The van der Waals surface area contributed by atoms with Crippen molar-refractivity contribution in [2.45, 2.75) is 27.3 Å². The average Bonchev–Trinajstić information content (AvgIpc) is 2.81. The first-order valence-corrected chi connectivity index (χ1v) is 6.51. The Balaban J connectivity index is 2.65. The zero-order valence-electron chi connectivity index (χ0n) is 11.8. The van der Waals surface area contributed by atoms with Crippen LogP contribution in [0.1, 0.15) is 19.4 Å². The molecule has 0 spiro atoms. The molecule has 0 aliphatic carbocycles. The first kappa shape index (κ1) is 14.0. The Bertz CT molecular complexity index is 636. The molecule has 1 aromatic heterocycles. The number of hydrogen-bond donors (Lipinski definition) is 1. The molecule has 0 atom stereocenters. The molecule has 1 N–H and O–H groups in total. The fourth-order valence-corrected chi connectivity index (χ4v) is 2.17. The van der Waals surface area contributed by atoms with E-state index in [-0.39, 0.29) is 10.6 Å². The zero-order chi connectivity index (χ0) is 14.7. The van der Waals surface area contributed by atoms with Gasteiger partial charge in [-0.3, -0.25) is 14.7 Å². The Labute approximate surface area is 116 Å². The quantitative estimate of drug-likeness (QED) is 0.669. The van der Waals surface area contributed by atoms with Gasteiger partial charge in [0.25, 0.3) is 5.69 Å². The lowest BCUT2D eigenvalue weighted by Gasteiger charge is -2.10. The van der Waals surface area contributed by atoms with Crippen LogP contribution in [-0.2, 0) is 6.54 Å². The van der Waals surface area contributed by atoms with Crippen molar-refractivity contribution in [1.29, 1.82) is 0 Å². The van der Waals surface area contributed by atoms with Crippen LogP contribution in [0.4, 0.5) is 11.6 Å². The molecule has 0 aliphatic rings. The molecule has 20 heavy (non-hydrogen) atoms. The lowest BCUT2D eigenvalue weighted by atomic mass is 10.1. The Morgan fingerprint density at radius 3 is 2.70 bits per heavy atom. The highest BCUT2D eigenvalue weighted by Gasteiger charge is 2.23. The Kier molecular flexibility index (Phi) is 3.97. The van der Waals surface area contributed by atoms with Gasteiger partial charge in [-0.25, -0.2) is 0 Å². The van der Waals surface area contributed by atoms with Crippen LogP contribution in [0.2, 0.25) is 0 Å². The van der Waals surface area contributed by atoms with Crippen LogP contribution in [0.5, 0.6) is 0 Å². The number of nitrogens with one attached hydrogen (secondary N) is 1. The van der Waals surface area contributed by atoms with Crippen molar-refractivity contribution in [2.75, 3.05) is 11.9 Å². The largest absolute Gasteiger partial charge is 0.355 e. The second-order valence-electron chi connectivity index (χ2n) is 4.35. The summed E-state index contributed by atoms with van der Waals surface area (Å²) >= 11 is 0. The molecule has 1 aromatic carbocycles. The highest BCUT2D eigenvalue weighted by atomic mass is 16.6. The van der Waals surface area contributed by atoms with Crippen molar-refractivity contribution in [1.82, 2.24) is 14.8 Å². The van der Waals surface area contributed by atoms with Crippen molar-refractivity contribution in [3.8, 4) is 11.4 Å². The standard InChI is InChI=1S/C13H17N5O2/c1-4-14-13-16-15-12(17(13)5-2)11-9(3)7-6-8-10(11)18(19)20/h6-8H,4-5H2,1-3H3,(H,14,16). The summed E-state index contributed by atoms with van der Waals surface area (Å²) in [5.74, 6) is 1.15. The molecule has 1 heterocycles. The average molecular weight is 275 g/mol. The molecule has 7 nitrogen and oxygen atoms in total. The van der Waals surface area contributed by atoms with Gasteiger partial charge in [0.2, 0.25) is 5.95 Å². The van der Waals surface area contributed by atoms with Gasteiger partial charge in [0.1, 0.15) is 0 Å². The summed E-state index contributed by atoms with van der Waals surface area (Å²) in [5, 5.41) is 22.5. The summed E-state index contributed by atoms with van der Waals surface area (Å²) in [6.45, 7) is 7.11. The van der Waals surface area contributed by atoms with Gasteiger partial charge in [0, 0.05) is 19.2 Å². The van der Waals surface area contributed by atoms with Crippen LogP contribution in [0.25, 0.3) is 11.4 Å². The Morgan fingerprint density at radius 2 is 2.10 bits per heavy atom. The number of benzene rings is 1. The van der Waals surface area contributed by atoms with Crippen molar-refractivity contribution in [3.05, 3.63) is 33.9 Å². The molecule has 0 bridgehead atoms. The van der Waals surface area contributed by atoms with E-state index in [4.69, 9.17) is 0 Å². The van der Waals surface area contributed by atoms with E-state index in [9.17, 15) is 10.1 Å². The van der Waals surface area contributed by atoms with Crippen molar-refractivity contribution >= 4 is 11.6 Å². The number of hydrogen-bond acceptors (Lipinski definition) is 5. The van der Waals surface area contributed by atoms with E-state index in [1.165, 1.54) is 6.07 Å². The number of nitro benzene ring substituents is 1. The molecule has 2 aromatic rings. The summed E-state index contributed by atoms with van der Waals surface area (Å²) in [6, 6.07) is 5.00. The van der Waals surface area contributed by atoms with Gasteiger partial charge in [-0.05, 0) is 26.3 Å². The lowest BCUT2D eigenvalue weighted by Crippen LogP contribution is -2.08. The number of nitrogens with zero attached hydrogens (tertiary/aromatic N) is 4. The van der Waals surface area contributed by atoms with Crippen molar-refractivity contribution in [3.63, 3.8) is 0 Å². The van der Waals surface area contributed by atoms with Crippen molar-refractivity contribution in [2.24, 2.45) is 0 Å². The maximum atomic E-state index is 11.2. The third-order valence-corrected chi connectivity index (χ3v) is 3.07. The molecule has 0 saturated carbocycles. The fourth-order valence-electron chi connectivity index (χ4n) is 2.17. The molecule has 106 valence electrons. The van der Waals surface area contributed by atoms with Crippen LogP contribution >= 0.6 is 0 Å². The predicted octanol–water partition coefficient (Wildman–Crippen LogP) is 2.61. The van der Waals surface area contributed by atoms with Crippen LogP contribution in [-0.4, -0.2) is 26.2 Å². The number of anilines is 1. The van der Waals surface area contributed by atoms with Gasteiger partial charge in [0.05, 0.1) is 10.5 Å². The van der Waals surface area contributed by atoms with E-state index >= 15 is 0 Å². The molecular formula is C13H17N5O2. The highest BCUT2D eigenvalue weighted by Crippen LogP contribution is 2.32. The SMILES string of the molecule is CCNc1nnc(-c2c(C)cccc2[N+](=O)[O-])n1CC. The van der Waals surface area contributed by atoms with Crippen LogP contribution < -0.4 is 5.32 Å². The summed E-state index contributed by atoms with van der Waals surface area (Å²) < 4.78 is 1.85. The number of nitro groups is 1. The van der Waals surface area contributed by atoms with Crippen molar-refractivity contribution < 1.29 is 4.92 Å². The van der Waals surface area contributed by atoms with E-state index in [1.54, 1.807) is 6.07 Å². The fraction of sp³-hybridized carbons (Fsp3) is 0.385. The molecule has 0 saturated heterocycles. The Hall–Kier alpha value is -2.44. The predicted molar refractivity (Wildman–Crippen MR) is 76.7 cm³/mol. The third-order valence-electron chi connectivity index (χ3n) is 3.07. The van der Waals surface area contributed by atoms with Gasteiger partial charge >= 0.3 is 0 Å². The lowest BCUT2D eigenvalue weighted by molar-refractivity contribution is -0.384. The maximum absolute atomic E-state index is 11.2. The van der Waals surface area contributed by atoms with Crippen LogP contribution in [0.15, 0.2) is 18.2 Å². The molecule has 0 unspecified atom stereocenters. The Morgan fingerprint density at radius 1 is 1.35 bits per heavy atom. The number of aromatic nitrogens is 3. The van der Waals surface area contributed by atoms with E-state index in [0.29, 0.717) is 30.4 Å². The second-order valence-corrected chi connectivity index (χ2v) is 4.35.